The second-order valence-electron chi connectivity index (χ2n) is 10.4. The summed E-state index contributed by atoms with van der Waals surface area (Å²) in [7, 11) is 0. The van der Waals surface area contributed by atoms with Gasteiger partial charge in [-0.05, 0) is 49.2 Å². The molecule has 0 radical (unpaired) electrons. The fourth-order valence-corrected chi connectivity index (χ4v) is 4.07. The fourth-order valence-electron chi connectivity index (χ4n) is 4.07. The minimum absolute atomic E-state index is 0.0323. The zero-order valence-electron chi connectivity index (χ0n) is 23.0. The maximum absolute atomic E-state index is 14.8. The SMILES string of the molecule is CCC(C(=O)[O-])c1ccc(-n2nc(C(C)(C)C)cc2NC(=O)Nc2ccc(Oc3ccnc(C)c3)cc2F)cc1. The first kappa shape index (κ1) is 28.3. The molecule has 10 heteroatoms. The van der Waals surface area contributed by atoms with Gasteiger partial charge in [-0.2, -0.15) is 5.10 Å². The van der Waals surface area contributed by atoms with Gasteiger partial charge in [-0.25, -0.2) is 13.9 Å². The van der Waals surface area contributed by atoms with Crippen LogP contribution >= 0.6 is 0 Å². The number of amides is 2. The molecular weight excluding hydrogens is 513 g/mol. The molecule has 0 fully saturated rings. The molecule has 0 saturated carbocycles. The number of aromatic nitrogens is 3. The lowest BCUT2D eigenvalue weighted by Crippen LogP contribution is -2.29. The van der Waals surface area contributed by atoms with Crippen LogP contribution in [-0.4, -0.2) is 26.8 Å². The number of rotatable bonds is 8. The zero-order chi connectivity index (χ0) is 29.0. The van der Waals surface area contributed by atoms with Crippen LogP contribution in [0.1, 0.15) is 57.0 Å². The Labute approximate surface area is 232 Å². The van der Waals surface area contributed by atoms with Gasteiger partial charge in [0.05, 0.1) is 17.1 Å². The van der Waals surface area contributed by atoms with Gasteiger partial charge in [0.15, 0.2) is 0 Å². The third kappa shape index (κ3) is 6.63. The Hall–Kier alpha value is -4.73. The highest BCUT2D eigenvalue weighted by Crippen LogP contribution is 2.29. The van der Waals surface area contributed by atoms with Crippen molar-refractivity contribution >= 4 is 23.5 Å². The molecule has 1 atom stereocenters. The number of urea groups is 1. The summed E-state index contributed by atoms with van der Waals surface area (Å²) in [6.45, 7) is 9.58. The molecule has 0 saturated heterocycles. The van der Waals surface area contributed by atoms with Crippen molar-refractivity contribution in [3.63, 3.8) is 0 Å². The molecule has 0 aliphatic carbocycles. The Morgan fingerprint density at radius 2 is 1.73 bits per heavy atom. The predicted molar refractivity (Wildman–Crippen MR) is 148 cm³/mol. The van der Waals surface area contributed by atoms with Crippen molar-refractivity contribution in [2.24, 2.45) is 0 Å². The Bertz CT molecular complexity index is 1530. The molecule has 0 spiro atoms. The van der Waals surface area contributed by atoms with E-state index in [4.69, 9.17) is 4.74 Å². The topological polar surface area (TPSA) is 121 Å². The Morgan fingerprint density at radius 1 is 1.02 bits per heavy atom. The summed E-state index contributed by atoms with van der Waals surface area (Å²) in [6, 6.07) is 15.5. The van der Waals surface area contributed by atoms with Crippen LogP contribution in [0.3, 0.4) is 0 Å². The molecule has 0 bridgehead atoms. The number of hydrogen-bond donors (Lipinski definition) is 2. The van der Waals surface area contributed by atoms with Gasteiger partial charge in [0.25, 0.3) is 0 Å². The van der Waals surface area contributed by atoms with E-state index in [2.05, 4.69) is 20.7 Å². The third-order valence-corrected chi connectivity index (χ3v) is 6.24. The molecule has 2 amide bonds. The van der Waals surface area contributed by atoms with E-state index in [0.717, 1.165) is 5.69 Å². The number of aryl methyl sites for hydroxylation is 1. The van der Waals surface area contributed by atoms with E-state index >= 15 is 0 Å². The number of aliphatic carboxylic acids is 1. The highest BCUT2D eigenvalue weighted by molar-refractivity contribution is 5.99. The summed E-state index contributed by atoms with van der Waals surface area (Å²) in [4.78, 5) is 28.5. The molecule has 1 unspecified atom stereocenters. The minimum atomic E-state index is -1.14. The van der Waals surface area contributed by atoms with Crippen molar-refractivity contribution in [3.05, 3.63) is 89.6 Å². The van der Waals surface area contributed by atoms with Crippen molar-refractivity contribution in [1.29, 1.82) is 0 Å². The molecule has 4 aromatic rings. The number of halogens is 1. The number of anilines is 2. The van der Waals surface area contributed by atoms with Crippen LogP contribution in [0, 0.1) is 12.7 Å². The highest BCUT2D eigenvalue weighted by atomic mass is 19.1. The Balaban J connectivity index is 1.54. The van der Waals surface area contributed by atoms with Gasteiger partial charge >= 0.3 is 6.03 Å². The standard InChI is InChI=1S/C30H32FN5O4/c1-6-23(28(37)38)19-7-9-20(10-8-19)36-27(17-26(35-36)30(3,4)5)34-29(39)33-25-12-11-21(16-24(25)31)40-22-13-14-32-18(2)15-22/h7-17,23H,6H2,1-5H3,(H,37,38)(H2,33,34,39)/p-1. The predicted octanol–water partition coefficient (Wildman–Crippen LogP) is 5.69. The van der Waals surface area contributed by atoms with E-state index in [0.29, 0.717) is 34.9 Å². The number of hydrogen-bond acceptors (Lipinski definition) is 6. The van der Waals surface area contributed by atoms with E-state index in [-0.39, 0.29) is 16.9 Å². The average molecular weight is 545 g/mol. The van der Waals surface area contributed by atoms with E-state index in [1.165, 1.54) is 12.1 Å². The molecule has 40 heavy (non-hydrogen) atoms. The van der Waals surface area contributed by atoms with Crippen LogP contribution in [-0.2, 0) is 10.2 Å². The van der Waals surface area contributed by atoms with Crippen molar-refractivity contribution in [1.82, 2.24) is 14.8 Å². The second kappa shape index (κ2) is 11.6. The quantitative estimate of drug-likeness (QED) is 0.294. The summed E-state index contributed by atoms with van der Waals surface area (Å²) < 4.78 is 22.1. The van der Waals surface area contributed by atoms with E-state index in [1.807, 2.05) is 27.7 Å². The summed E-state index contributed by atoms with van der Waals surface area (Å²) in [5.41, 5.74) is 2.35. The van der Waals surface area contributed by atoms with Gasteiger partial charge < -0.3 is 20.0 Å². The lowest BCUT2D eigenvalue weighted by Gasteiger charge is -2.17. The smallest absolute Gasteiger partial charge is 0.324 e. The van der Waals surface area contributed by atoms with Crippen LogP contribution < -0.4 is 20.5 Å². The number of ether oxygens (including phenoxy) is 1. The lowest BCUT2D eigenvalue weighted by atomic mass is 9.92. The number of nitrogens with one attached hydrogen (secondary N) is 2. The minimum Gasteiger partial charge on any atom is -0.549 e. The lowest BCUT2D eigenvalue weighted by molar-refractivity contribution is -0.308. The van der Waals surface area contributed by atoms with Crippen molar-refractivity contribution < 1.29 is 23.8 Å². The van der Waals surface area contributed by atoms with Crippen LogP contribution in [0.25, 0.3) is 5.69 Å². The molecule has 2 aromatic heterocycles. The van der Waals surface area contributed by atoms with Gasteiger partial charge in [-0.3, -0.25) is 10.3 Å². The van der Waals surface area contributed by atoms with Crippen LogP contribution in [0.5, 0.6) is 11.5 Å². The van der Waals surface area contributed by atoms with E-state index in [9.17, 15) is 19.1 Å². The normalized spacial score (nSPS) is 12.1. The Morgan fingerprint density at radius 3 is 2.33 bits per heavy atom. The second-order valence-corrected chi connectivity index (χ2v) is 10.4. The monoisotopic (exact) mass is 544 g/mol. The largest absolute Gasteiger partial charge is 0.549 e. The zero-order valence-corrected chi connectivity index (χ0v) is 23.0. The summed E-state index contributed by atoms with van der Waals surface area (Å²) in [5.74, 6) is -1.38. The summed E-state index contributed by atoms with van der Waals surface area (Å²) in [6.07, 6.45) is 2.00. The highest BCUT2D eigenvalue weighted by Gasteiger charge is 2.22. The average Bonchev–Trinajstić information content (AvgIpc) is 3.31. The molecule has 2 heterocycles. The van der Waals surface area contributed by atoms with Crippen LogP contribution in [0.2, 0.25) is 0 Å². The van der Waals surface area contributed by atoms with Crippen molar-refractivity contribution in [2.75, 3.05) is 10.6 Å². The number of carboxylic acid groups (broad SMARTS) is 1. The van der Waals surface area contributed by atoms with Gasteiger partial charge in [-0.15, -0.1) is 0 Å². The molecule has 2 N–H and O–H groups in total. The molecule has 4 rings (SSSR count). The van der Waals surface area contributed by atoms with Gasteiger partial charge in [0.2, 0.25) is 0 Å². The van der Waals surface area contributed by atoms with E-state index in [1.54, 1.807) is 66.3 Å². The molecular formula is C30H31FN5O4-. The van der Waals surface area contributed by atoms with Gasteiger partial charge in [-0.1, -0.05) is 39.8 Å². The molecule has 208 valence electrons. The van der Waals surface area contributed by atoms with Crippen LogP contribution in [0.15, 0.2) is 66.9 Å². The first-order valence-corrected chi connectivity index (χ1v) is 12.8. The van der Waals surface area contributed by atoms with Crippen molar-refractivity contribution in [2.45, 2.75) is 52.4 Å². The number of carboxylic acids is 1. The summed E-state index contributed by atoms with van der Waals surface area (Å²) >= 11 is 0. The fraction of sp³-hybridized carbons (Fsp3) is 0.267. The summed E-state index contributed by atoms with van der Waals surface area (Å²) in [5, 5.41) is 21.4. The van der Waals surface area contributed by atoms with E-state index < -0.39 is 23.7 Å². The number of nitrogens with zero attached hydrogens (tertiary/aromatic N) is 3. The maximum Gasteiger partial charge on any atom is 0.324 e. The first-order valence-electron chi connectivity index (χ1n) is 12.8. The molecule has 9 nitrogen and oxygen atoms in total. The van der Waals surface area contributed by atoms with Gasteiger partial charge in [0.1, 0.15) is 23.1 Å². The molecule has 0 aliphatic heterocycles. The number of pyridine rings is 1. The first-order chi connectivity index (χ1) is 18.9. The van der Waals surface area contributed by atoms with Crippen molar-refractivity contribution in [3.8, 4) is 17.2 Å². The number of carbonyl (C=O) groups is 2. The maximum atomic E-state index is 14.8. The van der Waals surface area contributed by atoms with Crippen LogP contribution in [0.4, 0.5) is 20.7 Å². The Kier molecular flexibility index (Phi) is 8.18. The number of benzene rings is 2. The third-order valence-electron chi connectivity index (χ3n) is 6.24. The molecule has 2 aromatic carbocycles. The number of carbonyl (C=O) groups excluding carboxylic acids is 2. The van der Waals surface area contributed by atoms with Gasteiger partial charge in [0, 0.05) is 47.4 Å². The molecule has 0 aliphatic rings.